The number of fused-ring (bicyclic) bond motifs is 1. The Morgan fingerprint density at radius 3 is 2.76 bits per heavy atom. The van der Waals surface area contributed by atoms with E-state index in [-0.39, 0.29) is 5.41 Å². The Kier molecular flexibility index (Phi) is 3.43. The summed E-state index contributed by atoms with van der Waals surface area (Å²) in [6, 6.07) is 6.42. The topological polar surface area (TPSA) is 12.5 Å². The molecule has 0 saturated carbocycles. The van der Waals surface area contributed by atoms with Crippen LogP contribution in [0.25, 0.3) is 0 Å². The number of nitrogens with zero attached hydrogens (tertiary/aromatic N) is 1. The van der Waals surface area contributed by atoms with Gasteiger partial charge in [0.15, 0.2) is 0 Å². The molecule has 0 unspecified atom stereocenters. The molecule has 0 bridgehead atoms. The van der Waals surface area contributed by atoms with E-state index >= 15 is 0 Å². The van der Waals surface area contributed by atoms with E-state index < -0.39 is 0 Å². The van der Waals surface area contributed by atoms with Crippen molar-refractivity contribution in [3.05, 3.63) is 29.3 Å². The second kappa shape index (κ2) is 4.69. The minimum atomic E-state index is 0.176. The van der Waals surface area contributed by atoms with Crippen molar-refractivity contribution in [1.29, 1.82) is 0 Å². The van der Waals surface area contributed by atoms with Gasteiger partial charge in [-0.25, -0.2) is 0 Å². The molecule has 94 valence electrons. The van der Waals surface area contributed by atoms with Gasteiger partial charge in [-0.1, -0.05) is 32.9 Å². The number of rotatable bonds is 3. The van der Waals surface area contributed by atoms with Crippen LogP contribution >= 0.6 is 0 Å². The third-order valence-electron chi connectivity index (χ3n) is 3.56. The largest absolute Gasteiger partial charge is 0.496 e. The first-order chi connectivity index (χ1) is 8.08. The highest BCUT2D eigenvalue weighted by molar-refractivity contribution is 5.46. The van der Waals surface area contributed by atoms with Crippen molar-refractivity contribution < 1.29 is 4.74 Å². The highest BCUT2D eigenvalue weighted by Gasteiger charge is 2.33. The van der Waals surface area contributed by atoms with Gasteiger partial charge in [0.1, 0.15) is 5.75 Å². The van der Waals surface area contributed by atoms with Crippen LogP contribution < -0.4 is 4.74 Å². The van der Waals surface area contributed by atoms with E-state index in [1.165, 1.54) is 24.1 Å². The maximum atomic E-state index is 5.52. The standard InChI is InChI=1S/C15H23NO/c1-5-9-16-10-12-7-6-8-13(17-4)14(12)15(2,3)11-16/h6-8H,5,9-11H2,1-4H3. The quantitative estimate of drug-likeness (QED) is 0.795. The molecule has 0 spiro atoms. The van der Waals surface area contributed by atoms with E-state index in [0.717, 1.165) is 18.8 Å². The molecular weight excluding hydrogens is 210 g/mol. The molecule has 2 heteroatoms. The Hall–Kier alpha value is -1.02. The number of hydrogen-bond acceptors (Lipinski definition) is 2. The molecule has 0 aromatic heterocycles. The van der Waals surface area contributed by atoms with Crippen molar-refractivity contribution in [2.75, 3.05) is 20.2 Å². The summed E-state index contributed by atoms with van der Waals surface area (Å²) < 4.78 is 5.52. The monoisotopic (exact) mass is 233 g/mol. The smallest absolute Gasteiger partial charge is 0.122 e. The minimum Gasteiger partial charge on any atom is -0.496 e. The van der Waals surface area contributed by atoms with Gasteiger partial charge in [-0.15, -0.1) is 0 Å². The molecule has 1 aliphatic heterocycles. The van der Waals surface area contributed by atoms with Gasteiger partial charge in [-0.05, 0) is 24.6 Å². The molecule has 0 N–H and O–H groups in total. The number of ether oxygens (including phenoxy) is 1. The van der Waals surface area contributed by atoms with Crippen molar-refractivity contribution in [3.63, 3.8) is 0 Å². The summed E-state index contributed by atoms with van der Waals surface area (Å²) in [6.45, 7) is 10.2. The Morgan fingerprint density at radius 2 is 2.12 bits per heavy atom. The highest BCUT2D eigenvalue weighted by Crippen LogP contribution is 2.39. The molecule has 17 heavy (non-hydrogen) atoms. The van der Waals surface area contributed by atoms with Crippen LogP contribution in [-0.4, -0.2) is 25.1 Å². The van der Waals surface area contributed by atoms with Gasteiger partial charge in [-0.3, -0.25) is 4.90 Å². The molecule has 1 heterocycles. The zero-order valence-electron chi connectivity index (χ0n) is 11.4. The molecule has 2 nitrogen and oxygen atoms in total. The van der Waals surface area contributed by atoms with E-state index in [2.05, 4.69) is 43.9 Å². The van der Waals surface area contributed by atoms with Crippen LogP contribution in [-0.2, 0) is 12.0 Å². The van der Waals surface area contributed by atoms with E-state index in [9.17, 15) is 0 Å². The SMILES string of the molecule is CCCN1Cc2cccc(OC)c2C(C)(C)C1. The average Bonchev–Trinajstić information content (AvgIpc) is 2.27. The summed E-state index contributed by atoms with van der Waals surface area (Å²) in [5.41, 5.74) is 3.00. The van der Waals surface area contributed by atoms with Crippen molar-refractivity contribution in [2.45, 2.75) is 39.2 Å². The molecule has 2 rings (SSSR count). The van der Waals surface area contributed by atoms with Gasteiger partial charge in [0, 0.05) is 24.1 Å². The fraction of sp³-hybridized carbons (Fsp3) is 0.600. The van der Waals surface area contributed by atoms with Crippen molar-refractivity contribution in [2.24, 2.45) is 0 Å². The van der Waals surface area contributed by atoms with E-state index in [0.29, 0.717) is 0 Å². The summed E-state index contributed by atoms with van der Waals surface area (Å²) in [6.07, 6.45) is 1.22. The second-order valence-corrected chi connectivity index (χ2v) is 5.59. The van der Waals surface area contributed by atoms with Gasteiger partial charge in [-0.2, -0.15) is 0 Å². The van der Waals surface area contributed by atoms with Crippen LogP contribution in [0.2, 0.25) is 0 Å². The number of benzene rings is 1. The molecule has 0 atom stereocenters. The Balaban J connectivity index is 2.41. The van der Waals surface area contributed by atoms with Gasteiger partial charge in [0.2, 0.25) is 0 Å². The molecule has 0 radical (unpaired) electrons. The molecule has 1 aliphatic rings. The fourth-order valence-corrected chi connectivity index (χ4v) is 3.06. The zero-order chi connectivity index (χ0) is 12.5. The van der Waals surface area contributed by atoms with Crippen molar-refractivity contribution in [1.82, 2.24) is 4.90 Å². The first-order valence-electron chi connectivity index (χ1n) is 6.47. The zero-order valence-corrected chi connectivity index (χ0v) is 11.4. The van der Waals surface area contributed by atoms with Gasteiger partial charge in [0.05, 0.1) is 7.11 Å². The Bertz CT molecular complexity index is 398. The van der Waals surface area contributed by atoms with Crippen LogP contribution in [0.1, 0.15) is 38.3 Å². The lowest BCUT2D eigenvalue weighted by molar-refractivity contribution is 0.190. The predicted octanol–water partition coefficient (Wildman–Crippen LogP) is 3.20. The van der Waals surface area contributed by atoms with Crippen LogP contribution in [0, 0.1) is 0 Å². The summed E-state index contributed by atoms with van der Waals surface area (Å²) in [5, 5.41) is 0. The maximum absolute atomic E-state index is 5.52. The van der Waals surface area contributed by atoms with Crippen LogP contribution in [0.15, 0.2) is 18.2 Å². The summed E-state index contributed by atoms with van der Waals surface area (Å²) in [5.74, 6) is 1.05. The molecule has 0 fully saturated rings. The number of hydrogen-bond donors (Lipinski definition) is 0. The lowest BCUT2D eigenvalue weighted by atomic mass is 9.77. The lowest BCUT2D eigenvalue weighted by Gasteiger charge is -2.40. The van der Waals surface area contributed by atoms with Crippen LogP contribution in [0.3, 0.4) is 0 Å². The first kappa shape index (κ1) is 12.4. The minimum absolute atomic E-state index is 0.176. The molecule has 0 amide bonds. The van der Waals surface area contributed by atoms with E-state index in [1.54, 1.807) is 7.11 Å². The third kappa shape index (κ3) is 2.32. The summed E-state index contributed by atoms with van der Waals surface area (Å²) >= 11 is 0. The fourth-order valence-electron chi connectivity index (χ4n) is 3.06. The molecule has 1 aromatic carbocycles. The van der Waals surface area contributed by atoms with Gasteiger partial charge >= 0.3 is 0 Å². The maximum Gasteiger partial charge on any atom is 0.122 e. The normalized spacial score (nSPS) is 18.8. The third-order valence-corrected chi connectivity index (χ3v) is 3.56. The lowest BCUT2D eigenvalue weighted by Crippen LogP contribution is -2.42. The Labute approximate surface area is 105 Å². The first-order valence-corrected chi connectivity index (χ1v) is 6.47. The summed E-state index contributed by atoms with van der Waals surface area (Å²) in [7, 11) is 1.77. The van der Waals surface area contributed by atoms with Gasteiger partial charge in [0.25, 0.3) is 0 Å². The Morgan fingerprint density at radius 1 is 1.35 bits per heavy atom. The molecule has 0 aliphatic carbocycles. The highest BCUT2D eigenvalue weighted by atomic mass is 16.5. The van der Waals surface area contributed by atoms with Crippen molar-refractivity contribution in [3.8, 4) is 5.75 Å². The van der Waals surface area contributed by atoms with E-state index in [1.807, 2.05) is 0 Å². The van der Waals surface area contributed by atoms with Crippen LogP contribution in [0.4, 0.5) is 0 Å². The van der Waals surface area contributed by atoms with Crippen LogP contribution in [0.5, 0.6) is 5.75 Å². The number of methoxy groups -OCH3 is 1. The van der Waals surface area contributed by atoms with E-state index in [4.69, 9.17) is 4.74 Å². The summed E-state index contributed by atoms with van der Waals surface area (Å²) in [4.78, 5) is 2.54. The van der Waals surface area contributed by atoms with Crippen molar-refractivity contribution >= 4 is 0 Å². The second-order valence-electron chi connectivity index (χ2n) is 5.59. The molecular formula is C15H23NO. The predicted molar refractivity (Wildman–Crippen MR) is 71.6 cm³/mol. The molecule has 1 aromatic rings. The van der Waals surface area contributed by atoms with Gasteiger partial charge < -0.3 is 4.74 Å². The molecule has 0 saturated heterocycles. The average molecular weight is 233 g/mol.